The fourth-order valence-electron chi connectivity index (χ4n) is 3.78. The molecule has 6 heteroatoms. The van der Waals surface area contributed by atoms with Crippen molar-refractivity contribution in [1.29, 1.82) is 0 Å². The number of carbonyl (C=O) groups excluding carboxylic acids is 1. The maximum absolute atomic E-state index is 13.3. The summed E-state index contributed by atoms with van der Waals surface area (Å²) >= 11 is 0. The maximum atomic E-state index is 13.3. The molecule has 0 atom stereocenters. The van der Waals surface area contributed by atoms with Crippen molar-refractivity contribution in [3.05, 3.63) is 70.7 Å². The SMILES string of the molecule is COc1c(C)cnc(CN(C(=O)OC(C)(C)C)c2cc(-c3ccccc3C)cc(C)n2)c1C. The van der Waals surface area contributed by atoms with Crippen molar-refractivity contribution in [1.82, 2.24) is 9.97 Å². The van der Waals surface area contributed by atoms with E-state index in [0.717, 1.165) is 45.0 Å². The topological polar surface area (TPSA) is 64.5 Å². The molecule has 0 saturated carbocycles. The lowest BCUT2D eigenvalue weighted by Crippen LogP contribution is -2.37. The van der Waals surface area contributed by atoms with Crippen LogP contribution < -0.4 is 9.64 Å². The van der Waals surface area contributed by atoms with Gasteiger partial charge in [0.1, 0.15) is 17.2 Å². The monoisotopic (exact) mass is 447 g/mol. The first-order chi connectivity index (χ1) is 15.5. The highest BCUT2D eigenvalue weighted by Crippen LogP contribution is 2.30. The third-order valence-corrected chi connectivity index (χ3v) is 5.34. The summed E-state index contributed by atoms with van der Waals surface area (Å²) in [7, 11) is 1.64. The molecule has 3 rings (SSSR count). The van der Waals surface area contributed by atoms with Crippen LogP contribution in [0.5, 0.6) is 5.75 Å². The summed E-state index contributed by atoms with van der Waals surface area (Å²) in [6.45, 7) is 13.7. The van der Waals surface area contributed by atoms with Gasteiger partial charge in [-0.3, -0.25) is 9.88 Å². The number of rotatable bonds is 5. The van der Waals surface area contributed by atoms with E-state index in [0.29, 0.717) is 5.82 Å². The van der Waals surface area contributed by atoms with Crippen molar-refractivity contribution in [2.24, 2.45) is 0 Å². The van der Waals surface area contributed by atoms with Crippen LogP contribution in [-0.2, 0) is 11.3 Å². The van der Waals surface area contributed by atoms with Crippen LogP contribution in [0.1, 0.15) is 48.8 Å². The Labute approximate surface area is 196 Å². The number of aromatic nitrogens is 2. The minimum atomic E-state index is -0.647. The minimum absolute atomic E-state index is 0.209. The zero-order chi connectivity index (χ0) is 24.3. The zero-order valence-corrected chi connectivity index (χ0v) is 20.8. The van der Waals surface area contributed by atoms with E-state index in [1.807, 2.05) is 65.8 Å². The van der Waals surface area contributed by atoms with Gasteiger partial charge in [0.2, 0.25) is 0 Å². The van der Waals surface area contributed by atoms with Crippen molar-refractivity contribution in [3.63, 3.8) is 0 Å². The first kappa shape index (κ1) is 24.2. The second-order valence-electron chi connectivity index (χ2n) is 9.28. The molecule has 0 fully saturated rings. The van der Waals surface area contributed by atoms with Gasteiger partial charge in [-0.25, -0.2) is 9.78 Å². The third-order valence-electron chi connectivity index (χ3n) is 5.34. The van der Waals surface area contributed by atoms with E-state index in [4.69, 9.17) is 14.5 Å². The number of amides is 1. The molecule has 174 valence electrons. The van der Waals surface area contributed by atoms with Crippen LogP contribution in [0.15, 0.2) is 42.6 Å². The van der Waals surface area contributed by atoms with E-state index in [2.05, 4.69) is 24.0 Å². The summed E-state index contributed by atoms with van der Waals surface area (Å²) < 4.78 is 11.3. The van der Waals surface area contributed by atoms with Crippen LogP contribution in [0.2, 0.25) is 0 Å². The van der Waals surface area contributed by atoms with Gasteiger partial charge in [-0.2, -0.15) is 0 Å². The van der Waals surface area contributed by atoms with E-state index in [1.54, 1.807) is 18.2 Å². The number of ether oxygens (including phenoxy) is 2. The molecule has 6 nitrogen and oxygen atoms in total. The highest BCUT2D eigenvalue weighted by Gasteiger charge is 2.27. The van der Waals surface area contributed by atoms with Crippen LogP contribution >= 0.6 is 0 Å². The number of hydrogen-bond donors (Lipinski definition) is 0. The summed E-state index contributed by atoms with van der Waals surface area (Å²) in [6, 6.07) is 12.1. The third kappa shape index (κ3) is 5.69. The first-order valence-corrected chi connectivity index (χ1v) is 11.0. The average molecular weight is 448 g/mol. The standard InChI is InChI=1S/C27H33N3O3/c1-17-11-9-10-12-22(17)21-13-19(3)29-24(14-21)30(26(31)33-27(5,6)7)16-23-20(4)25(32-8)18(2)15-28-23/h9-15H,16H2,1-8H3. The number of anilines is 1. The highest BCUT2D eigenvalue weighted by atomic mass is 16.6. The van der Waals surface area contributed by atoms with Crippen LogP contribution in [-0.4, -0.2) is 28.8 Å². The van der Waals surface area contributed by atoms with Gasteiger partial charge in [-0.05, 0) is 77.3 Å². The number of nitrogens with zero attached hydrogens (tertiary/aromatic N) is 3. The number of carbonyl (C=O) groups is 1. The molecule has 2 aromatic heterocycles. The van der Waals surface area contributed by atoms with E-state index >= 15 is 0 Å². The molecule has 1 amide bonds. The van der Waals surface area contributed by atoms with Crippen molar-refractivity contribution in [3.8, 4) is 16.9 Å². The van der Waals surface area contributed by atoms with E-state index in [9.17, 15) is 4.79 Å². The van der Waals surface area contributed by atoms with E-state index in [-0.39, 0.29) is 6.54 Å². The first-order valence-electron chi connectivity index (χ1n) is 11.0. The quantitative estimate of drug-likeness (QED) is 0.457. The molecule has 2 heterocycles. The molecule has 0 spiro atoms. The molecule has 0 aliphatic heterocycles. The summed E-state index contributed by atoms with van der Waals surface area (Å²) in [5.74, 6) is 1.28. The Bertz CT molecular complexity index is 1170. The molecule has 0 bridgehead atoms. The molecular weight excluding hydrogens is 414 g/mol. The number of benzene rings is 1. The Kier molecular flexibility index (Phi) is 7.06. The Morgan fingerprint density at radius 1 is 1.03 bits per heavy atom. The molecule has 3 aromatic rings. The van der Waals surface area contributed by atoms with Crippen molar-refractivity contribution in [2.45, 2.75) is 60.6 Å². The largest absolute Gasteiger partial charge is 0.496 e. The van der Waals surface area contributed by atoms with Gasteiger partial charge < -0.3 is 9.47 Å². The smallest absolute Gasteiger partial charge is 0.416 e. The zero-order valence-electron chi connectivity index (χ0n) is 20.8. The molecule has 0 aliphatic carbocycles. The lowest BCUT2D eigenvalue weighted by molar-refractivity contribution is 0.0576. The van der Waals surface area contributed by atoms with Gasteiger partial charge in [0.15, 0.2) is 0 Å². The summed E-state index contributed by atoms with van der Waals surface area (Å²) in [6.07, 6.45) is 1.29. The van der Waals surface area contributed by atoms with Gasteiger partial charge in [0.05, 0.1) is 19.3 Å². The van der Waals surface area contributed by atoms with Gasteiger partial charge in [0, 0.05) is 23.0 Å². The maximum Gasteiger partial charge on any atom is 0.416 e. The average Bonchev–Trinajstić information content (AvgIpc) is 2.72. The molecule has 0 unspecified atom stereocenters. The van der Waals surface area contributed by atoms with Crippen molar-refractivity contribution in [2.75, 3.05) is 12.0 Å². The fraction of sp³-hybridized carbons (Fsp3) is 0.370. The van der Waals surface area contributed by atoms with Crippen LogP contribution in [0.25, 0.3) is 11.1 Å². The van der Waals surface area contributed by atoms with E-state index in [1.165, 1.54) is 0 Å². The molecule has 0 saturated heterocycles. The summed E-state index contributed by atoms with van der Waals surface area (Å²) in [4.78, 5) is 24.2. The lowest BCUT2D eigenvalue weighted by atomic mass is 10.0. The summed E-state index contributed by atoms with van der Waals surface area (Å²) in [5.41, 5.74) is 5.96. The molecule has 1 aromatic carbocycles. The number of pyridine rings is 2. The van der Waals surface area contributed by atoms with Gasteiger partial charge in [0.25, 0.3) is 0 Å². The lowest BCUT2D eigenvalue weighted by Gasteiger charge is -2.28. The van der Waals surface area contributed by atoms with Gasteiger partial charge >= 0.3 is 6.09 Å². The Morgan fingerprint density at radius 2 is 1.73 bits per heavy atom. The Hall–Kier alpha value is -3.41. The van der Waals surface area contributed by atoms with Crippen molar-refractivity contribution < 1.29 is 14.3 Å². The molecule has 33 heavy (non-hydrogen) atoms. The van der Waals surface area contributed by atoms with Gasteiger partial charge in [-0.1, -0.05) is 24.3 Å². The second kappa shape index (κ2) is 9.61. The minimum Gasteiger partial charge on any atom is -0.496 e. The summed E-state index contributed by atoms with van der Waals surface area (Å²) in [5, 5.41) is 0. The fourth-order valence-corrected chi connectivity index (χ4v) is 3.78. The predicted octanol–water partition coefficient (Wildman–Crippen LogP) is 6.33. The Balaban J connectivity index is 2.11. The number of aryl methyl sites for hydroxylation is 3. The second-order valence-corrected chi connectivity index (χ2v) is 9.28. The van der Waals surface area contributed by atoms with Crippen LogP contribution in [0.4, 0.5) is 10.6 Å². The highest BCUT2D eigenvalue weighted by molar-refractivity contribution is 5.88. The van der Waals surface area contributed by atoms with Crippen molar-refractivity contribution >= 4 is 11.9 Å². The predicted molar refractivity (Wildman–Crippen MR) is 132 cm³/mol. The molecule has 0 aliphatic rings. The normalized spacial score (nSPS) is 11.3. The molecule has 0 N–H and O–H groups in total. The number of hydrogen-bond acceptors (Lipinski definition) is 5. The number of methoxy groups -OCH3 is 1. The molecule has 0 radical (unpaired) electrons. The van der Waals surface area contributed by atoms with Crippen LogP contribution in [0.3, 0.4) is 0 Å². The van der Waals surface area contributed by atoms with Gasteiger partial charge in [-0.15, -0.1) is 0 Å². The van der Waals surface area contributed by atoms with Crippen LogP contribution in [0, 0.1) is 27.7 Å². The Morgan fingerprint density at radius 3 is 2.36 bits per heavy atom. The van der Waals surface area contributed by atoms with E-state index < -0.39 is 11.7 Å². The molecular formula is C27H33N3O3.